The average Bonchev–Trinajstić information content (AvgIpc) is 3.44. The summed E-state index contributed by atoms with van der Waals surface area (Å²) in [5.74, 6) is 0.0830. The largest absolute Gasteiger partial charge is 0.481 e. The van der Waals surface area contributed by atoms with Gasteiger partial charge in [-0.05, 0) is 6.42 Å². The van der Waals surface area contributed by atoms with Gasteiger partial charge in [0.1, 0.15) is 36.3 Å². The second kappa shape index (κ2) is 9.81. The number of nitrogens with zero attached hydrogens (tertiary/aromatic N) is 4. The van der Waals surface area contributed by atoms with Crippen molar-refractivity contribution in [1.29, 1.82) is 0 Å². The summed E-state index contributed by atoms with van der Waals surface area (Å²) in [5, 5.41) is 30.3. The standard InChI is InChI=1S/C15H23N5O12P2/c16-13-10-14(18-5-17-13)20(6-19-10)15-12(23)11(22)9(31-15)4-30-34(26,27)32-33(24,25)29-3-8-7(21)1-2-28-8/h5-9,11-12,15,21-23H,1-4H2,(H,24,25)(H,26,27)(H2,16,17,18)/t7-,8+,9+,11+,12+,15+/m0/s1. The van der Waals surface area contributed by atoms with Crippen molar-refractivity contribution in [1.82, 2.24) is 19.5 Å². The predicted octanol–water partition coefficient (Wildman–Crippen LogP) is -1.57. The molecule has 8 atom stereocenters. The highest BCUT2D eigenvalue weighted by Crippen LogP contribution is 2.60. The number of hydrogen-bond donors (Lipinski definition) is 6. The number of nitrogens with two attached hydrogens (primary N) is 1. The van der Waals surface area contributed by atoms with Gasteiger partial charge in [0.2, 0.25) is 0 Å². The topological polar surface area (TPSA) is 251 Å². The molecule has 0 radical (unpaired) electrons. The van der Waals surface area contributed by atoms with Crippen molar-refractivity contribution in [3.63, 3.8) is 0 Å². The van der Waals surface area contributed by atoms with Crippen LogP contribution in [0.5, 0.6) is 0 Å². The van der Waals surface area contributed by atoms with Gasteiger partial charge in [-0.15, -0.1) is 0 Å². The maximum absolute atomic E-state index is 12.1. The van der Waals surface area contributed by atoms with E-state index in [1.807, 2.05) is 0 Å². The first-order valence-corrected chi connectivity index (χ1v) is 12.9. The third kappa shape index (κ3) is 5.46. The molecule has 0 amide bonds. The lowest BCUT2D eigenvalue weighted by Gasteiger charge is -2.20. The number of aliphatic hydroxyl groups is 3. The van der Waals surface area contributed by atoms with E-state index < -0.39 is 65.6 Å². The van der Waals surface area contributed by atoms with Crippen LogP contribution in [0, 0.1) is 0 Å². The smallest absolute Gasteiger partial charge is 0.390 e. The van der Waals surface area contributed by atoms with E-state index in [2.05, 4.69) is 28.3 Å². The summed E-state index contributed by atoms with van der Waals surface area (Å²) in [5.41, 5.74) is 6.16. The molecule has 2 aromatic rings. The van der Waals surface area contributed by atoms with Crippen LogP contribution in [-0.4, -0.2) is 95.0 Å². The number of fused-ring (bicyclic) bond motifs is 1. The van der Waals surface area contributed by atoms with E-state index in [-0.39, 0.29) is 23.6 Å². The van der Waals surface area contributed by atoms with E-state index >= 15 is 0 Å². The van der Waals surface area contributed by atoms with E-state index in [1.54, 1.807) is 0 Å². The van der Waals surface area contributed by atoms with Gasteiger partial charge in [-0.3, -0.25) is 13.6 Å². The van der Waals surface area contributed by atoms with Crippen molar-refractivity contribution in [2.45, 2.75) is 43.2 Å². The van der Waals surface area contributed by atoms with Crippen molar-refractivity contribution in [3.05, 3.63) is 12.7 Å². The van der Waals surface area contributed by atoms with Gasteiger partial charge in [0.15, 0.2) is 17.7 Å². The van der Waals surface area contributed by atoms with Crippen molar-refractivity contribution >= 4 is 32.6 Å². The molecule has 0 bridgehead atoms. The number of phosphoric acid groups is 2. The Balaban J connectivity index is 1.35. The van der Waals surface area contributed by atoms with Gasteiger partial charge in [0.05, 0.1) is 25.6 Å². The Morgan fingerprint density at radius 1 is 1.06 bits per heavy atom. The summed E-state index contributed by atoms with van der Waals surface area (Å²) >= 11 is 0. The van der Waals surface area contributed by atoms with E-state index in [9.17, 15) is 34.2 Å². The van der Waals surface area contributed by atoms with E-state index in [4.69, 9.17) is 15.2 Å². The molecule has 2 aromatic heterocycles. The maximum Gasteiger partial charge on any atom is 0.481 e. The van der Waals surface area contributed by atoms with Crippen molar-refractivity contribution < 1.29 is 57.1 Å². The van der Waals surface area contributed by atoms with Crippen molar-refractivity contribution in [2.75, 3.05) is 25.6 Å². The van der Waals surface area contributed by atoms with Gasteiger partial charge in [-0.1, -0.05) is 0 Å². The minimum absolute atomic E-state index is 0.0830. The van der Waals surface area contributed by atoms with Crippen LogP contribution in [0.2, 0.25) is 0 Å². The fourth-order valence-electron chi connectivity index (χ4n) is 3.46. The van der Waals surface area contributed by atoms with Gasteiger partial charge in [-0.2, -0.15) is 4.31 Å². The van der Waals surface area contributed by atoms with Crippen LogP contribution in [0.1, 0.15) is 12.6 Å². The molecule has 7 N–H and O–H groups in total. The van der Waals surface area contributed by atoms with E-state index in [1.165, 1.54) is 17.2 Å². The van der Waals surface area contributed by atoms with Gasteiger partial charge in [-0.25, -0.2) is 24.1 Å². The zero-order valence-electron chi connectivity index (χ0n) is 17.3. The third-order valence-electron chi connectivity index (χ3n) is 5.18. The fraction of sp³-hybridized carbons (Fsp3) is 0.667. The molecule has 2 aliphatic rings. The normalized spacial score (nSPS) is 33.2. The number of imidazole rings is 1. The Morgan fingerprint density at radius 2 is 1.74 bits per heavy atom. The van der Waals surface area contributed by atoms with Crippen LogP contribution >= 0.6 is 15.6 Å². The first kappa shape index (κ1) is 25.5. The fourth-order valence-corrected chi connectivity index (χ4v) is 5.55. The molecule has 190 valence electrons. The zero-order valence-corrected chi connectivity index (χ0v) is 19.1. The van der Waals surface area contributed by atoms with Crippen LogP contribution in [0.3, 0.4) is 0 Å². The SMILES string of the molecule is Nc1ncnc2c1ncn2[C@@H]1O[C@H](COP(=O)(O)OP(=O)(O)OC[C@H]2OCC[C@@H]2O)[C@@H](O)[C@H]1O. The number of nitrogen functional groups attached to an aromatic ring is 1. The molecular weight excluding hydrogens is 504 g/mol. The lowest BCUT2D eigenvalue weighted by Crippen LogP contribution is -2.33. The summed E-state index contributed by atoms with van der Waals surface area (Å²) in [6.07, 6.45) is -4.76. The van der Waals surface area contributed by atoms with Crippen molar-refractivity contribution in [3.8, 4) is 0 Å². The van der Waals surface area contributed by atoms with Crippen LogP contribution in [0.4, 0.5) is 5.82 Å². The molecule has 0 spiro atoms. The molecule has 4 rings (SSSR count). The maximum atomic E-state index is 12.1. The van der Waals surface area contributed by atoms with Gasteiger partial charge >= 0.3 is 15.6 Å². The minimum Gasteiger partial charge on any atom is -0.390 e. The zero-order chi connectivity index (χ0) is 24.7. The molecule has 4 heterocycles. The number of hydrogen-bond acceptors (Lipinski definition) is 14. The summed E-state index contributed by atoms with van der Waals surface area (Å²) in [4.78, 5) is 31.3. The molecule has 17 nitrogen and oxygen atoms in total. The lowest BCUT2D eigenvalue weighted by molar-refractivity contribution is -0.0505. The number of anilines is 1. The van der Waals surface area contributed by atoms with Crippen LogP contribution in [-0.2, 0) is 32.0 Å². The monoisotopic (exact) mass is 527 g/mol. The average molecular weight is 527 g/mol. The van der Waals surface area contributed by atoms with Crippen LogP contribution < -0.4 is 5.73 Å². The molecular formula is C15H23N5O12P2. The third-order valence-corrected chi connectivity index (χ3v) is 7.79. The molecule has 2 fully saturated rings. The van der Waals surface area contributed by atoms with E-state index in [0.717, 1.165) is 0 Å². The number of aromatic nitrogens is 4. The number of aliphatic hydroxyl groups excluding tert-OH is 3. The highest BCUT2D eigenvalue weighted by molar-refractivity contribution is 7.61. The molecule has 0 aliphatic carbocycles. The number of rotatable bonds is 9. The molecule has 19 heteroatoms. The Hall–Kier alpha value is -1.59. The Labute approximate surface area is 191 Å². The Kier molecular flexibility index (Phi) is 7.36. The molecule has 0 saturated carbocycles. The highest BCUT2D eigenvalue weighted by Gasteiger charge is 2.46. The first-order chi connectivity index (χ1) is 16.0. The quantitative estimate of drug-likeness (QED) is 0.201. The summed E-state index contributed by atoms with van der Waals surface area (Å²) in [6, 6.07) is 0. The number of phosphoric ester groups is 2. The summed E-state index contributed by atoms with van der Waals surface area (Å²) in [6.45, 7) is -1.16. The minimum atomic E-state index is -5.19. The van der Waals surface area contributed by atoms with Gasteiger partial charge in [0.25, 0.3) is 0 Å². The molecule has 0 aromatic carbocycles. The molecule has 2 unspecified atom stereocenters. The second-order valence-corrected chi connectivity index (χ2v) is 10.5. The Bertz CT molecular complexity index is 1120. The lowest BCUT2D eigenvalue weighted by atomic mass is 10.1. The second-order valence-electron chi connectivity index (χ2n) is 7.50. The molecule has 2 saturated heterocycles. The van der Waals surface area contributed by atoms with Crippen LogP contribution in [0.25, 0.3) is 11.2 Å². The van der Waals surface area contributed by atoms with Crippen molar-refractivity contribution in [2.24, 2.45) is 0 Å². The van der Waals surface area contributed by atoms with Gasteiger partial charge < -0.3 is 40.3 Å². The number of ether oxygens (including phenoxy) is 2. The first-order valence-electron chi connectivity index (χ1n) is 9.88. The van der Waals surface area contributed by atoms with Gasteiger partial charge in [0, 0.05) is 6.61 Å². The molecule has 2 aliphatic heterocycles. The summed E-state index contributed by atoms with van der Waals surface area (Å²) < 4.78 is 49.5. The molecule has 34 heavy (non-hydrogen) atoms. The van der Waals surface area contributed by atoms with Crippen LogP contribution in [0.15, 0.2) is 12.7 Å². The van der Waals surface area contributed by atoms with E-state index in [0.29, 0.717) is 6.42 Å². The Morgan fingerprint density at radius 3 is 2.38 bits per heavy atom. The predicted molar refractivity (Wildman–Crippen MR) is 109 cm³/mol. The highest BCUT2D eigenvalue weighted by atomic mass is 31.3. The summed E-state index contributed by atoms with van der Waals surface area (Å²) in [7, 11) is -10.3.